The molecular formula is C22H18N4O3S. The summed E-state index contributed by atoms with van der Waals surface area (Å²) in [6.07, 6.45) is 1.49. The van der Waals surface area contributed by atoms with Crippen LogP contribution in [0, 0.1) is 0 Å². The Morgan fingerprint density at radius 1 is 1.00 bits per heavy atom. The molecule has 0 bridgehead atoms. The van der Waals surface area contributed by atoms with Gasteiger partial charge in [-0.2, -0.15) is 0 Å². The highest BCUT2D eigenvalue weighted by Gasteiger charge is 2.08. The third-order valence-corrected chi connectivity index (χ3v) is 5.36. The van der Waals surface area contributed by atoms with Crippen LogP contribution in [-0.2, 0) is 11.3 Å². The summed E-state index contributed by atoms with van der Waals surface area (Å²) in [5.74, 6) is -0.221. The molecule has 1 amide bonds. The fourth-order valence-corrected chi connectivity index (χ4v) is 3.75. The minimum absolute atomic E-state index is 0.111. The Labute approximate surface area is 175 Å². The Balaban J connectivity index is 1.38. The Morgan fingerprint density at radius 2 is 1.77 bits per heavy atom. The van der Waals surface area contributed by atoms with Crippen molar-refractivity contribution in [1.29, 1.82) is 0 Å². The summed E-state index contributed by atoms with van der Waals surface area (Å²) in [5.41, 5.74) is 2.60. The number of hydrogen-bond donors (Lipinski definition) is 2. The first kappa shape index (κ1) is 19.5. The van der Waals surface area contributed by atoms with Gasteiger partial charge in [0.2, 0.25) is 5.91 Å². The van der Waals surface area contributed by atoms with Crippen molar-refractivity contribution in [1.82, 2.24) is 14.5 Å². The first-order valence-electron chi connectivity index (χ1n) is 9.29. The predicted octanol–water partition coefficient (Wildman–Crippen LogP) is 3.36. The van der Waals surface area contributed by atoms with Crippen molar-refractivity contribution < 1.29 is 4.79 Å². The molecule has 4 aromatic rings. The molecule has 0 aliphatic carbocycles. The molecule has 7 nitrogen and oxygen atoms in total. The molecular weight excluding hydrogens is 400 g/mol. The molecule has 4 rings (SSSR count). The van der Waals surface area contributed by atoms with Gasteiger partial charge < -0.3 is 9.88 Å². The Kier molecular flexibility index (Phi) is 5.67. The molecule has 2 aromatic carbocycles. The van der Waals surface area contributed by atoms with Gasteiger partial charge in [-0.15, -0.1) is 11.3 Å². The zero-order chi connectivity index (χ0) is 20.9. The van der Waals surface area contributed by atoms with Crippen LogP contribution in [0.25, 0.3) is 21.8 Å². The second-order valence-electron chi connectivity index (χ2n) is 6.58. The van der Waals surface area contributed by atoms with E-state index in [1.54, 1.807) is 11.3 Å². The topological polar surface area (TPSA) is 96.9 Å². The van der Waals surface area contributed by atoms with Gasteiger partial charge in [0.25, 0.3) is 5.56 Å². The van der Waals surface area contributed by atoms with E-state index in [2.05, 4.69) is 10.3 Å². The monoisotopic (exact) mass is 418 g/mol. The summed E-state index contributed by atoms with van der Waals surface area (Å²) in [6.45, 7) is 0.181. The molecule has 2 heterocycles. The lowest BCUT2D eigenvalue weighted by molar-refractivity contribution is -0.116. The molecule has 0 atom stereocenters. The normalized spacial score (nSPS) is 10.7. The van der Waals surface area contributed by atoms with Crippen LogP contribution in [0.15, 0.2) is 81.8 Å². The molecule has 0 saturated carbocycles. The highest BCUT2D eigenvalue weighted by molar-refractivity contribution is 7.13. The highest BCUT2D eigenvalue weighted by Crippen LogP contribution is 2.29. The van der Waals surface area contributed by atoms with E-state index in [-0.39, 0.29) is 18.9 Å². The van der Waals surface area contributed by atoms with Crippen LogP contribution in [0.3, 0.4) is 0 Å². The van der Waals surface area contributed by atoms with Crippen LogP contribution in [0.2, 0.25) is 0 Å². The number of nitrogens with one attached hydrogen (secondary N) is 2. The number of hydrogen-bond acceptors (Lipinski definition) is 5. The number of carbonyl (C=O) groups excluding carboxylic acids is 1. The van der Waals surface area contributed by atoms with Crippen molar-refractivity contribution in [2.45, 2.75) is 13.0 Å². The number of anilines is 1. The third kappa shape index (κ3) is 4.61. The van der Waals surface area contributed by atoms with Crippen LogP contribution < -0.4 is 16.6 Å². The van der Waals surface area contributed by atoms with Crippen LogP contribution >= 0.6 is 11.3 Å². The summed E-state index contributed by atoms with van der Waals surface area (Å²) in [7, 11) is 0. The Hall–Kier alpha value is -3.78. The van der Waals surface area contributed by atoms with Gasteiger partial charge in [0, 0.05) is 47.4 Å². The van der Waals surface area contributed by atoms with Gasteiger partial charge in [-0.3, -0.25) is 14.6 Å². The van der Waals surface area contributed by atoms with E-state index in [0.717, 1.165) is 21.8 Å². The number of benzene rings is 2. The Morgan fingerprint density at radius 3 is 2.50 bits per heavy atom. The SMILES string of the molecule is O=C(CCn1ccc(=O)[nH]c1=O)Nc1ccc(-c2csc(-c3ccccc3)n2)cc1. The van der Waals surface area contributed by atoms with Gasteiger partial charge >= 0.3 is 5.69 Å². The van der Waals surface area contributed by atoms with Gasteiger partial charge in [0.15, 0.2) is 0 Å². The zero-order valence-electron chi connectivity index (χ0n) is 15.9. The van der Waals surface area contributed by atoms with Gasteiger partial charge in [0.05, 0.1) is 5.69 Å². The minimum Gasteiger partial charge on any atom is -0.326 e. The number of aromatic amines is 1. The quantitative estimate of drug-likeness (QED) is 0.502. The predicted molar refractivity (Wildman–Crippen MR) is 118 cm³/mol. The number of carbonyl (C=O) groups is 1. The number of aromatic nitrogens is 3. The van der Waals surface area contributed by atoms with Crippen molar-refractivity contribution in [2.24, 2.45) is 0 Å². The lowest BCUT2D eigenvalue weighted by Crippen LogP contribution is -2.29. The molecule has 150 valence electrons. The third-order valence-electron chi connectivity index (χ3n) is 4.47. The first-order valence-corrected chi connectivity index (χ1v) is 10.2. The Bertz CT molecular complexity index is 1270. The lowest BCUT2D eigenvalue weighted by atomic mass is 10.1. The summed E-state index contributed by atoms with van der Waals surface area (Å²) in [4.78, 5) is 41.7. The van der Waals surface area contributed by atoms with E-state index in [4.69, 9.17) is 4.98 Å². The number of amides is 1. The summed E-state index contributed by atoms with van der Waals surface area (Å²) < 4.78 is 1.29. The van der Waals surface area contributed by atoms with E-state index in [0.29, 0.717) is 5.69 Å². The zero-order valence-corrected chi connectivity index (χ0v) is 16.7. The van der Waals surface area contributed by atoms with Crippen LogP contribution in [0.1, 0.15) is 6.42 Å². The number of aryl methyl sites for hydroxylation is 1. The van der Waals surface area contributed by atoms with Gasteiger partial charge in [-0.05, 0) is 12.1 Å². The van der Waals surface area contributed by atoms with Gasteiger partial charge in [-0.1, -0.05) is 42.5 Å². The standard InChI is InChI=1S/C22H18N4O3S/c27-19(10-12-26-13-11-20(28)25-22(26)29)23-17-8-6-15(7-9-17)18-14-30-21(24-18)16-4-2-1-3-5-16/h1-9,11,13-14H,10,12H2,(H,23,27)(H,25,28,29). The number of H-pyrrole nitrogens is 1. The second kappa shape index (κ2) is 8.71. The minimum atomic E-state index is -0.530. The molecule has 0 saturated heterocycles. The van der Waals surface area contributed by atoms with E-state index < -0.39 is 11.2 Å². The average molecular weight is 418 g/mol. The van der Waals surface area contributed by atoms with Crippen LogP contribution in [0.5, 0.6) is 0 Å². The molecule has 0 unspecified atom stereocenters. The largest absolute Gasteiger partial charge is 0.328 e. The molecule has 2 N–H and O–H groups in total. The second-order valence-corrected chi connectivity index (χ2v) is 7.44. The van der Waals surface area contributed by atoms with E-state index in [9.17, 15) is 14.4 Å². The van der Waals surface area contributed by atoms with Crippen molar-refractivity contribution in [2.75, 3.05) is 5.32 Å². The summed E-state index contributed by atoms with van der Waals surface area (Å²) in [6, 6.07) is 18.7. The fraction of sp³-hybridized carbons (Fsp3) is 0.0909. The first-order chi connectivity index (χ1) is 14.6. The smallest absolute Gasteiger partial charge is 0.326 e. The van der Waals surface area contributed by atoms with Gasteiger partial charge in [0.1, 0.15) is 5.01 Å². The molecule has 2 aromatic heterocycles. The van der Waals surface area contributed by atoms with Gasteiger partial charge in [-0.25, -0.2) is 9.78 Å². The molecule has 0 fully saturated rings. The molecule has 0 radical (unpaired) electrons. The maximum atomic E-state index is 12.2. The number of nitrogens with zero attached hydrogens (tertiary/aromatic N) is 2. The van der Waals surface area contributed by atoms with E-state index in [1.807, 2.05) is 60.0 Å². The summed E-state index contributed by atoms with van der Waals surface area (Å²) >= 11 is 1.59. The maximum Gasteiger partial charge on any atom is 0.328 e. The average Bonchev–Trinajstić information content (AvgIpc) is 3.25. The van der Waals surface area contributed by atoms with E-state index >= 15 is 0 Å². The van der Waals surface area contributed by atoms with Crippen molar-refractivity contribution in [3.05, 3.63) is 93.1 Å². The molecule has 8 heteroatoms. The number of rotatable bonds is 6. The number of thiazole rings is 1. The molecule has 0 spiro atoms. The lowest BCUT2D eigenvalue weighted by Gasteiger charge is -2.07. The summed E-state index contributed by atoms with van der Waals surface area (Å²) in [5, 5.41) is 5.78. The van der Waals surface area contributed by atoms with Crippen LogP contribution in [0.4, 0.5) is 5.69 Å². The maximum absolute atomic E-state index is 12.2. The van der Waals surface area contributed by atoms with Crippen molar-refractivity contribution >= 4 is 22.9 Å². The molecule has 0 aliphatic rings. The van der Waals surface area contributed by atoms with Crippen LogP contribution in [-0.4, -0.2) is 20.4 Å². The fourth-order valence-electron chi connectivity index (χ4n) is 2.91. The highest BCUT2D eigenvalue weighted by atomic mass is 32.1. The van der Waals surface area contributed by atoms with Crippen molar-refractivity contribution in [3.63, 3.8) is 0 Å². The molecule has 0 aliphatic heterocycles. The van der Waals surface area contributed by atoms with E-state index in [1.165, 1.54) is 16.8 Å². The molecule has 30 heavy (non-hydrogen) atoms. The van der Waals surface area contributed by atoms with Crippen molar-refractivity contribution in [3.8, 4) is 21.8 Å².